The Morgan fingerprint density at radius 2 is 1.58 bits per heavy atom. The average molecular weight is 687 g/mol. The quantitative estimate of drug-likeness (QED) is 0.162. The molecule has 0 aliphatic carbocycles. The number of methoxy groups -OCH3 is 1. The molecular weight excluding hydrogens is 666 g/mol. The zero-order valence-corrected chi connectivity index (χ0v) is 25.2. The number of hydrogen-bond donors (Lipinski definition) is 2. The van der Waals surface area contributed by atoms with Crippen LogP contribution in [0.2, 0.25) is 5.02 Å². The van der Waals surface area contributed by atoms with Crippen molar-refractivity contribution in [3.8, 4) is 17.0 Å². The Labute approximate surface area is 261 Å². The Bertz CT molecular complexity index is 1950. The molecule has 5 rings (SSSR count). The topological polar surface area (TPSA) is 88.5 Å². The highest BCUT2D eigenvalue weighted by Gasteiger charge is 2.71. The van der Waals surface area contributed by atoms with E-state index in [1.54, 1.807) is 36.4 Å². The summed E-state index contributed by atoms with van der Waals surface area (Å²) in [6, 6.07) is 18.4. The summed E-state index contributed by atoms with van der Waals surface area (Å²) in [4.78, 5) is 4.35. The van der Waals surface area contributed by atoms with Gasteiger partial charge in [-0.15, -0.1) is 11.3 Å². The number of aromatic nitrogens is 1. The number of hydrogen-bond acceptors (Lipinski definition) is 6. The minimum atomic E-state index is -6.07. The third-order valence-corrected chi connectivity index (χ3v) is 10.0. The van der Waals surface area contributed by atoms with Gasteiger partial charge >= 0.3 is 12.4 Å². The number of rotatable bonds is 8. The van der Waals surface area contributed by atoms with Crippen LogP contribution in [0.1, 0.15) is 22.0 Å². The maximum absolute atomic E-state index is 13.6. The fraction of sp³-hybridized carbons (Fsp3) is 0.167. The van der Waals surface area contributed by atoms with Crippen LogP contribution in [0.25, 0.3) is 21.3 Å². The molecule has 45 heavy (non-hydrogen) atoms. The number of nitrogens with zero attached hydrogens (tertiary/aromatic N) is 1. The zero-order chi connectivity index (χ0) is 32.8. The molecule has 0 radical (unpaired) electrons. The molecule has 0 saturated heterocycles. The van der Waals surface area contributed by atoms with E-state index in [-0.39, 0.29) is 21.2 Å². The fourth-order valence-electron chi connectivity index (χ4n) is 4.68. The van der Waals surface area contributed by atoms with Crippen molar-refractivity contribution < 1.29 is 44.6 Å². The Balaban J connectivity index is 1.63. The van der Waals surface area contributed by atoms with Gasteiger partial charge < -0.3 is 9.84 Å². The maximum atomic E-state index is 13.6. The zero-order valence-electron chi connectivity index (χ0n) is 22.8. The average Bonchev–Trinajstić information content (AvgIpc) is 3.43. The van der Waals surface area contributed by atoms with E-state index < -0.39 is 39.6 Å². The van der Waals surface area contributed by atoms with Crippen molar-refractivity contribution in [3.05, 3.63) is 112 Å². The molecule has 0 saturated carbocycles. The van der Waals surface area contributed by atoms with Crippen LogP contribution >= 0.6 is 22.9 Å². The van der Waals surface area contributed by atoms with Crippen LogP contribution in [-0.4, -0.2) is 38.0 Å². The van der Waals surface area contributed by atoms with Gasteiger partial charge in [0.15, 0.2) is 0 Å². The summed E-state index contributed by atoms with van der Waals surface area (Å²) >= 11 is 7.52. The van der Waals surface area contributed by atoms with E-state index in [2.05, 4.69) is 9.71 Å². The van der Waals surface area contributed by atoms with Crippen molar-refractivity contribution in [2.24, 2.45) is 0 Å². The SMILES string of the molecule is COc1ccc(S(=O)(=O)NC(c2cc3cccc(-c4cc(C(O)(C(F)(F)F)C(F)(F)F)ccn4)c3s2)c2ccccc2Cl)cc1. The van der Waals surface area contributed by atoms with Crippen LogP contribution in [0.5, 0.6) is 5.75 Å². The molecule has 1 unspecified atom stereocenters. The molecule has 0 aliphatic heterocycles. The summed E-state index contributed by atoms with van der Waals surface area (Å²) < 4.78 is 117. The van der Waals surface area contributed by atoms with E-state index in [0.29, 0.717) is 38.4 Å². The number of thiophene rings is 1. The Kier molecular flexibility index (Phi) is 8.66. The highest BCUT2D eigenvalue weighted by atomic mass is 35.5. The number of benzene rings is 3. The first-order chi connectivity index (χ1) is 21.1. The number of fused-ring (bicyclic) bond motifs is 1. The lowest BCUT2D eigenvalue weighted by atomic mass is 9.91. The third kappa shape index (κ3) is 6.12. The molecule has 0 fully saturated rings. The molecule has 0 aliphatic rings. The first-order valence-corrected chi connectivity index (χ1v) is 15.5. The van der Waals surface area contributed by atoms with Crippen molar-refractivity contribution in [1.82, 2.24) is 9.71 Å². The molecule has 2 heterocycles. The second-order valence-corrected chi connectivity index (χ2v) is 13.0. The van der Waals surface area contributed by atoms with Crippen molar-refractivity contribution >= 4 is 43.0 Å². The predicted octanol–water partition coefficient (Wildman–Crippen LogP) is 8.01. The van der Waals surface area contributed by atoms with Gasteiger partial charge in [-0.1, -0.05) is 48.0 Å². The molecule has 0 spiro atoms. The number of ether oxygens (including phenoxy) is 1. The van der Waals surface area contributed by atoms with Gasteiger partial charge in [-0.05, 0) is 59.5 Å². The molecule has 15 heteroatoms. The van der Waals surface area contributed by atoms with Gasteiger partial charge in [-0.2, -0.15) is 31.1 Å². The number of pyridine rings is 1. The first kappa shape index (κ1) is 32.7. The van der Waals surface area contributed by atoms with Gasteiger partial charge in [0.25, 0.3) is 5.60 Å². The van der Waals surface area contributed by atoms with Crippen LogP contribution in [0.15, 0.2) is 96.0 Å². The van der Waals surface area contributed by atoms with E-state index >= 15 is 0 Å². The molecule has 1 atom stereocenters. The van der Waals surface area contributed by atoms with Gasteiger partial charge in [0, 0.05) is 31.9 Å². The molecule has 6 nitrogen and oxygen atoms in total. The van der Waals surface area contributed by atoms with E-state index in [4.69, 9.17) is 16.3 Å². The summed E-state index contributed by atoms with van der Waals surface area (Å²) in [6.07, 6.45) is -11.4. The molecule has 0 amide bonds. The number of nitrogens with one attached hydrogen (secondary N) is 1. The van der Waals surface area contributed by atoms with Gasteiger partial charge in [0.1, 0.15) is 5.75 Å². The monoisotopic (exact) mass is 686 g/mol. The van der Waals surface area contributed by atoms with Crippen LogP contribution in [-0.2, 0) is 15.6 Å². The van der Waals surface area contributed by atoms with Gasteiger partial charge in [0.05, 0.1) is 23.7 Å². The Morgan fingerprint density at radius 3 is 2.20 bits per heavy atom. The molecule has 5 aromatic rings. The summed E-state index contributed by atoms with van der Waals surface area (Å²) in [5, 5.41) is 10.7. The molecular formula is C30H21ClF6N2O4S2. The standard InChI is InChI=1S/C30H21ClF6N2O4S2/c1-43-19-9-11-20(12-10-19)45(41,42)39-26(21-6-2-3-8-23(21)31)25-15-17-5-4-7-22(27(17)44-25)24-16-18(13-14-38-24)28(40,29(32,33)34)30(35,36)37/h2-16,26,39-40H,1H3. The van der Waals surface area contributed by atoms with Crippen LogP contribution in [0.3, 0.4) is 0 Å². The van der Waals surface area contributed by atoms with Gasteiger partial charge in [-0.3, -0.25) is 4.98 Å². The third-order valence-electron chi connectivity index (χ3n) is 6.98. The van der Waals surface area contributed by atoms with Crippen molar-refractivity contribution in [2.45, 2.75) is 28.9 Å². The smallest absolute Gasteiger partial charge is 0.430 e. The summed E-state index contributed by atoms with van der Waals surface area (Å²) in [5.41, 5.74) is -6.31. The van der Waals surface area contributed by atoms with Crippen molar-refractivity contribution in [1.29, 1.82) is 0 Å². The van der Waals surface area contributed by atoms with E-state index in [0.717, 1.165) is 17.5 Å². The highest BCUT2D eigenvalue weighted by molar-refractivity contribution is 7.89. The van der Waals surface area contributed by atoms with Crippen LogP contribution < -0.4 is 9.46 Å². The minimum absolute atomic E-state index is 0.0648. The van der Waals surface area contributed by atoms with E-state index in [1.807, 2.05) is 0 Å². The maximum Gasteiger partial charge on any atom is 0.430 e. The van der Waals surface area contributed by atoms with Gasteiger partial charge in [-0.25, -0.2) is 8.42 Å². The molecule has 2 N–H and O–H groups in total. The minimum Gasteiger partial charge on any atom is -0.497 e. The highest BCUT2D eigenvalue weighted by Crippen LogP contribution is 2.50. The van der Waals surface area contributed by atoms with Crippen molar-refractivity contribution in [3.63, 3.8) is 0 Å². The lowest BCUT2D eigenvalue weighted by Gasteiger charge is -2.32. The molecule has 0 bridgehead atoms. The second kappa shape index (κ2) is 11.9. The first-order valence-electron chi connectivity index (χ1n) is 12.8. The fourth-order valence-corrected chi connectivity index (χ4v) is 7.45. The summed E-state index contributed by atoms with van der Waals surface area (Å²) in [7, 11) is -2.72. The summed E-state index contributed by atoms with van der Waals surface area (Å²) in [5.74, 6) is 0.440. The normalized spacial score (nSPS) is 13.6. The number of alkyl halides is 6. The largest absolute Gasteiger partial charge is 0.497 e. The number of aliphatic hydroxyl groups is 1. The van der Waals surface area contributed by atoms with E-state index in [9.17, 15) is 39.9 Å². The number of sulfonamides is 1. The van der Waals surface area contributed by atoms with Gasteiger partial charge in [0.2, 0.25) is 10.0 Å². The molecule has 3 aromatic carbocycles. The van der Waals surface area contributed by atoms with E-state index in [1.165, 1.54) is 43.5 Å². The second-order valence-electron chi connectivity index (χ2n) is 9.76. The lowest BCUT2D eigenvalue weighted by molar-refractivity contribution is -0.376. The lowest BCUT2D eigenvalue weighted by Crippen LogP contribution is -2.53. The predicted molar refractivity (Wildman–Crippen MR) is 158 cm³/mol. The summed E-state index contributed by atoms with van der Waals surface area (Å²) in [6.45, 7) is 0. The van der Waals surface area contributed by atoms with Crippen LogP contribution in [0, 0.1) is 0 Å². The van der Waals surface area contributed by atoms with Crippen LogP contribution in [0.4, 0.5) is 26.3 Å². The molecule has 236 valence electrons. The Hall–Kier alpha value is -3.69. The van der Waals surface area contributed by atoms with Crippen molar-refractivity contribution in [2.75, 3.05) is 7.11 Å². The number of halogens is 7. The Morgan fingerprint density at radius 1 is 0.911 bits per heavy atom. The molecule has 2 aromatic heterocycles.